The van der Waals surface area contributed by atoms with Crippen LogP contribution in [0.1, 0.15) is 5.56 Å². The van der Waals surface area contributed by atoms with E-state index < -0.39 is 11.6 Å². The number of nitrogens with one attached hydrogen (secondary N) is 1. The molecule has 0 radical (unpaired) electrons. The average Bonchev–Trinajstić information content (AvgIpc) is 2.34. The average molecular weight is 268 g/mol. The molecule has 0 saturated heterocycles. The molecule has 0 unspecified atom stereocenters. The van der Waals surface area contributed by atoms with Gasteiger partial charge in [-0.2, -0.15) is 0 Å². The third-order valence-electron chi connectivity index (χ3n) is 2.63. The van der Waals surface area contributed by atoms with Crippen molar-refractivity contribution < 1.29 is 8.78 Å². The summed E-state index contributed by atoms with van der Waals surface area (Å²) in [5.41, 5.74) is 2.32. The molecule has 2 aromatic rings. The van der Waals surface area contributed by atoms with Crippen LogP contribution in [0.4, 0.5) is 8.78 Å². The Bertz CT molecular complexity index is 570. The summed E-state index contributed by atoms with van der Waals surface area (Å²) in [6, 6.07) is 9.65. The topological polar surface area (TPSA) is 12.0 Å². The van der Waals surface area contributed by atoms with E-state index in [1.807, 2.05) is 31.3 Å². The zero-order valence-corrected chi connectivity index (χ0v) is 10.6. The lowest BCUT2D eigenvalue weighted by atomic mass is 10.0. The first-order valence-electron chi connectivity index (χ1n) is 5.50. The van der Waals surface area contributed by atoms with Crippen molar-refractivity contribution in [2.75, 3.05) is 7.05 Å². The van der Waals surface area contributed by atoms with Gasteiger partial charge in [0.05, 0.1) is 5.02 Å². The number of hydrogen-bond acceptors (Lipinski definition) is 1. The first-order valence-corrected chi connectivity index (χ1v) is 5.88. The van der Waals surface area contributed by atoms with E-state index in [2.05, 4.69) is 5.32 Å². The summed E-state index contributed by atoms with van der Waals surface area (Å²) in [4.78, 5) is 0. The summed E-state index contributed by atoms with van der Waals surface area (Å²) >= 11 is 5.94. The van der Waals surface area contributed by atoms with Gasteiger partial charge in [-0.05, 0) is 36.4 Å². The maximum Gasteiger partial charge on any atom is 0.160 e. The van der Waals surface area contributed by atoms with Crippen LogP contribution in [0.5, 0.6) is 0 Å². The van der Waals surface area contributed by atoms with E-state index >= 15 is 0 Å². The van der Waals surface area contributed by atoms with Gasteiger partial charge >= 0.3 is 0 Å². The molecule has 0 aromatic heterocycles. The summed E-state index contributed by atoms with van der Waals surface area (Å²) in [5.74, 6) is -1.83. The van der Waals surface area contributed by atoms with Crippen LogP contribution in [0.3, 0.4) is 0 Å². The molecule has 0 heterocycles. The van der Waals surface area contributed by atoms with Crippen molar-refractivity contribution >= 4 is 11.6 Å². The maximum atomic E-state index is 13.2. The minimum Gasteiger partial charge on any atom is -0.316 e. The van der Waals surface area contributed by atoms with E-state index in [1.54, 1.807) is 0 Å². The zero-order chi connectivity index (χ0) is 13.1. The van der Waals surface area contributed by atoms with Crippen LogP contribution in [-0.2, 0) is 6.54 Å². The number of hydrogen-bond donors (Lipinski definition) is 1. The molecule has 2 aromatic carbocycles. The molecule has 0 atom stereocenters. The molecule has 94 valence electrons. The lowest BCUT2D eigenvalue weighted by Crippen LogP contribution is -2.04. The van der Waals surface area contributed by atoms with E-state index in [4.69, 9.17) is 11.6 Å². The normalized spacial score (nSPS) is 10.7. The van der Waals surface area contributed by atoms with Crippen LogP contribution in [0.2, 0.25) is 5.02 Å². The van der Waals surface area contributed by atoms with E-state index in [9.17, 15) is 8.78 Å². The quantitative estimate of drug-likeness (QED) is 0.829. The molecule has 18 heavy (non-hydrogen) atoms. The Labute approximate surface area is 109 Å². The Morgan fingerprint density at radius 2 is 1.83 bits per heavy atom. The van der Waals surface area contributed by atoms with Crippen LogP contribution in [0.15, 0.2) is 36.4 Å². The summed E-state index contributed by atoms with van der Waals surface area (Å²) in [7, 11) is 1.84. The van der Waals surface area contributed by atoms with Crippen LogP contribution < -0.4 is 5.32 Å². The second kappa shape index (κ2) is 5.46. The van der Waals surface area contributed by atoms with Gasteiger partial charge in [0, 0.05) is 12.1 Å². The minimum atomic E-state index is -0.935. The highest BCUT2D eigenvalue weighted by Gasteiger charge is 2.10. The van der Waals surface area contributed by atoms with E-state index in [-0.39, 0.29) is 5.02 Å². The van der Waals surface area contributed by atoms with E-state index in [0.29, 0.717) is 12.1 Å². The van der Waals surface area contributed by atoms with Crippen LogP contribution >= 0.6 is 11.6 Å². The molecule has 0 saturated carbocycles. The van der Waals surface area contributed by atoms with Gasteiger partial charge in [-0.1, -0.05) is 29.8 Å². The second-order valence-electron chi connectivity index (χ2n) is 3.98. The molecule has 0 fully saturated rings. The molecule has 0 aliphatic carbocycles. The van der Waals surface area contributed by atoms with Crippen molar-refractivity contribution in [3.8, 4) is 11.1 Å². The third-order valence-corrected chi connectivity index (χ3v) is 2.94. The van der Waals surface area contributed by atoms with Crippen molar-refractivity contribution in [1.82, 2.24) is 5.32 Å². The number of benzene rings is 2. The first kappa shape index (κ1) is 13.0. The van der Waals surface area contributed by atoms with Gasteiger partial charge in [-0.3, -0.25) is 0 Å². The molecule has 0 spiro atoms. The molecule has 2 rings (SSSR count). The predicted octanol–water partition coefficient (Wildman–Crippen LogP) is 4.00. The van der Waals surface area contributed by atoms with E-state index in [1.165, 1.54) is 0 Å². The Kier molecular flexibility index (Phi) is 3.94. The van der Waals surface area contributed by atoms with Gasteiger partial charge in [-0.25, -0.2) is 8.78 Å². The lowest BCUT2D eigenvalue weighted by Gasteiger charge is -2.08. The summed E-state index contributed by atoms with van der Waals surface area (Å²) in [5, 5.41) is 3.23. The van der Waals surface area contributed by atoms with Crippen molar-refractivity contribution in [3.05, 3.63) is 58.6 Å². The number of halogens is 3. The van der Waals surface area contributed by atoms with Crippen LogP contribution in [0.25, 0.3) is 11.1 Å². The summed E-state index contributed by atoms with van der Waals surface area (Å²) in [6.07, 6.45) is 0. The Morgan fingerprint density at radius 3 is 2.56 bits per heavy atom. The van der Waals surface area contributed by atoms with Crippen LogP contribution in [-0.4, -0.2) is 7.05 Å². The van der Waals surface area contributed by atoms with Gasteiger partial charge in [-0.15, -0.1) is 0 Å². The lowest BCUT2D eigenvalue weighted by molar-refractivity contribution is 0.509. The first-order chi connectivity index (χ1) is 8.61. The van der Waals surface area contributed by atoms with E-state index in [0.717, 1.165) is 23.3 Å². The second-order valence-corrected chi connectivity index (χ2v) is 4.38. The largest absolute Gasteiger partial charge is 0.316 e. The summed E-state index contributed by atoms with van der Waals surface area (Å²) in [6.45, 7) is 0.704. The SMILES string of the molecule is CNCc1cccc(-c2cc(F)c(F)cc2Cl)c1. The monoisotopic (exact) mass is 267 g/mol. The predicted molar refractivity (Wildman–Crippen MR) is 69.6 cm³/mol. The molecular formula is C14H12ClF2N. The fourth-order valence-electron chi connectivity index (χ4n) is 1.80. The Balaban J connectivity index is 2.48. The number of rotatable bonds is 3. The summed E-state index contributed by atoms with van der Waals surface area (Å²) < 4.78 is 26.3. The molecule has 0 amide bonds. The highest BCUT2D eigenvalue weighted by Crippen LogP contribution is 2.30. The molecule has 1 N–H and O–H groups in total. The van der Waals surface area contributed by atoms with Gasteiger partial charge in [0.15, 0.2) is 11.6 Å². The molecule has 0 aliphatic rings. The molecule has 0 aliphatic heterocycles. The van der Waals surface area contributed by atoms with Crippen molar-refractivity contribution in [1.29, 1.82) is 0 Å². The van der Waals surface area contributed by atoms with Crippen molar-refractivity contribution in [3.63, 3.8) is 0 Å². The standard InChI is InChI=1S/C14H12ClF2N/c1-18-8-9-3-2-4-10(5-9)11-6-13(16)14(17)7-12(11)15/h2-7,18H,8H2,1H3. The highest BCUT2D eigenvalue weighted by atomic mass is 35.5. The fraction of sp³-hybridized carbons (Fsp3) is 0.143. The van der Waals surface area contributed by atoms with Crippen molar-refractivity contribution in [2.45, 2.75) is 6.54 Å². The molecule has 0 bridgehead atoms. The van der Waals surface area contributed by atoms with Crippen molar-refractivity contribution in [2.24, 2.45) is 0 Å². The Morgan fingerprint density at radius 1 is 1.11 bits per heavy atom. The maximum absolute atomic E-state index is 13.2. The van der Waals surface area contributed by atoms with Crippen LogP contribution in [0, 0.1) is 11.6 Å². The molecular weight excluding hydrogens is 256 g/mol. The van der Waals surface area contributed by atoms with Gasteiger partial charge in [0.25, 0.3) is 0 Å². The minimum absolute atomic E-state index is 0.204. The highest BCUT2D eigenvalue weighted by molar-refractivity contribution is 6.33. The smallest absolute Gasteiger partial charge is 0.160 e. The van der Waals surface area contributed by atoms with Gasteiger partial charge < -0.3 is 5.32 Å². The van der Waals surface area contributed by atoms with Gasteiger partial charge in [0.1, 0.15) is 0 Å². The zero-order valence-electron chi connectivity index (χ0n) is 9.81. The molecule has 4 heteroatoms. The fourth-order valence-corrected chi connectivity index (χ4v) is 2.06. The third kappa shape index (κ3) is 2.68. The molecule has 1 nitrogen and oxygen atoms in total. The Hall–Kier alpha value is -1.45. The van der Waals surface area contributed by atoms with Gasteiger partial charge in [0.2, 0.25) is 0 Å².